The minimum Gasteiger partial charge on any atom is -0.357 e. The molecule has 0 aliphatic carbocycles. The maximum Gasteiger partial charge on any atom is 0.220 e. The number of guanidine groups is 1. The second-order valence-electron chi connectivity index (χ2n) is 5.40. The predicted octanol–water partition coefficient (Wildman–Crippen LogP) is -0.131. The third-order valence-electron chi connectivity index (χ3n) is 3.74. The van der Waals surface area contributed by atoms with Gasteiger partial charge in [-0.15, -0.1) is 0 Å². The van der Waals surface area contributed by atoms with Gasteiger partial charge in [0.15, 0.2) is 5.96 Å². The summed E-state index contributed by atoms with van der Waals surface area (Å²) in [6.45, 7) is 7.81. The number of hydrogen-bond donors (Lipinski definition) is 3. The molecule has 120 valence electrons. The molecule has 0 radical (unpaired) electrons. The number of thioether (sulfide) groups is 1. The fourth-order valence-electron chi connectivity index (χ4n) is 2.50. The van der Waals surface area contributed by atoms with E-state index in [1.165, 1.54) is 24.6 Å². The average molecular weight is 313 g/mol. The van der Waals surface area contributed by atoms with Gasteiger partial charge in [0.2, 0.25) is 5.91 Å². The molecule has 0 aromatic rings. The first kappa shape index (κ1) is 16.4. The van der Waals surface area contributed by atoms with Crippen molar-refractivity contribution in [2.45, 2.75) is 25.8 Å². The van der Waals surface area contributed by atoms with E-state index in [0.29, 0.717) is 13.0 Å². The van der Waals surface area contributed by atoms with Crippen molar-refractivity contribution in [3.05, 3.63) is 0 Å². The summed E-state index contributed by atoms with van der Waals surface area (Å²) in [6.07, 6.45) is 1.47. The summed E-state index contributed by atoms with van der Waals surface area (Å²) in [5, 5.41) is 9.59. The van der Waals surface area contributed by atoms with Crippen LogP contribution in [0.15, 0.2) is 4.99 Å². The molecule has 2 fully saturated rings. The molecule has 3 N–H and O–H groups in total. The molecule has 0 saturated carbocycles. The molecule has 6 nitrogen and oxygen atoms in total. The van der Waals surface area contributed by atoms with Crippen LogP contribution in [-0.2, 0) is 4.79 Å². The van der Waals surface area contributed by atoms with Crippen molar-refractivity contribution in [1.29, 1.82) is 0 Å². The highest BCUT2D eigenvalue weighted by molar-refractivity contribution is 7.99. The normalized spacial score (nSPS) is 24.5. The Hall–Kier alpha value is -0.950. The Labute approximate surface area is 131 Å². The average Bonchev–Trinajstić information content (AvgIpc) is 2.51. The van der Waals surface area contributed by atoms with Crippen molar-refractivity contribution in [1.82, 2.24) is 20.9 Å². The largest absolute Gasteiger partial charge is 0.357 e. The first-order valence-electron chi connectivity index (χ1n) is 7.89. The third kappa shape index (κ3) is 6.13. The standard InChI is InChI=1S/C14H27N5OS/c1-2-15-14(18-12-3-4-13(20)17-11-12)16-5-6-19-7-9-21-10-8-19/h12H,2-11H2,1H3,(H,17,20)(H2,15,16,18). The number of aliphatic imine (C=N–C) groups is 1. The molecule has 0 aromatic heterocycles. The molecule has 2 aliphatic heterocycles. The third-order valence-corrected chi connectivity index (χ3v) is 4.68. The molecule has 0 spiro atoms. The number of carbonyl (C=O) groups is 1. The first-order valence-corrected chi connectivity index (χ1v) is 9.05. The molecule has 7 heteroatoms. The van der Waals surface area contributed by atoms with E-state index in [9.17, 15) is 4.79 Å². The summed E-state index contributed by atoms with van der Waals surface area (Å²) in [5.41, 5.74) is 0. The maximum absolute atomic E-state index is 11.2. The van der Waals surface area contributed by atoms with Crippen LogP contribution < -0.4 is 16.0 Å². The van der Waals surface area contributed by atoms with E-state index in [2.05, 4.69) is 32.8 Å². The maximum atomic E-state index is 11.2. The summed E-state index contributed by atoms with van der Waals surface area (Å²) in [7, 11) is 0. The number of piperidine rings is 1. The van der Waals surface area contributed by atoms with E-state index in [1.807, 2.05) is 11.8 Å². The summed E-state index contributed by atoms with van der Waals surface area (Å²) in [6, 6.07) is 0.284. The molecule has 0 bridgehead atoms. The molecule has 2 heterocycles. The summed E-state index contributed by atoms with van der Waals surface area (Å²) >= 11 is 2.03. The fraction of sp³-hybridized carbons (Fsp3) is 0.857. The summed E-state index contributed by atoms with van der Waals surface area (Å²) in [5.74, 6) is 3.50. The zero-order valence-electron chi connectivity index (χ0n) is 12.9. The molecular weight excluding hydrogens is 286 g/mol. The van der Waals surface area contributed by atoms with Gasteiger partial charge in [0.25, 0.3) is 0 Å². The van der Waals surface area contributed by atoms with Gasteiger partial charge in [-0.2, -0.15) is 11.8 Å². The number of hydrogen-bond acceptors (Lipinski definition) is 4. The van der Waals surface area contributed by atoms with Gasteiger partial charge in [-0.25, -0.2) is 0 Å². The minimum atomic E-state index is 0.151. The van der Waals surface area contributed by atoms with Crippen molar-refractivity contribution < 1.29 is 4.79 Å². The van der Waals surface area contributed by atoms with Crippen LogP contribution in [-0.4, -0.2) is 73.6 Å². The molecule has 1 amide bonds. The van der Waals surface area contributed by atoms with Crippen molar-refractivity contribution in [3.8, 4) is 0 Å². The number of rotatable bonds is 5. The number of amides is 1. The Morgan fingerprint density at radius 1 is 1.48 bits per heavy atom. The highest BCUT2D eigenvalue weighted by atomic mass is 32.2. The first-order chi connectivity index (χ1) is 10.3. The Balaban J connectivity index is 1.74. The molecule has 0 aromatic carbocycles. The van der Waals surface area contributed by atoms with Crippen LogP contribution in [0.3, 0.4) is 0 Å². The van der Waals surface area contributed by atoms with E-state index in [0.717, 1.165) is 32.0 Å². The molecule has 2 rings (SSSR count). The van der Waals surface area contributed by atoms with Crippen LogP contribution in [0.25, 0.3) is 0 Å². The van der Waals surface area contributed by atoms with Crippen molar-refractivity contribution in [2.24, 2.45) is 4.99 Å². The Morgan fingerprint density at radius 2 is 2.29 bits per heavy atom. The Kier molecular flexibility index (Phi) is 7.15. The molecular formula is C14H27N5OS. The lowest BCUT2D eigenvalue weighted by atomic mass is 10.1. The zero-order chi connectivity index (χ0) is 14.9. The van der Waals surface area contributed by atoms with Gasteiger partial charge >= 0.3 is 0 Å². The van der Waals surface area contributed by atoms with Crippen molar-refractivity contribution in [2.75, 3.05) is 50.8 Å². The van der Waals surface area contributed by atoms with Gasteiger partial charge in [-0.05, 0) is 13.3 Å². The monoisotopic (exact) mass is 313 g/mol. The SMILES string of the molecule is CCNC(=NCCN1CCSCC1)NC1CCC(=O)NC1. The summed E-state index contributed by atoms with van der Waals surface area (Å²) < 4.78 is 0. The molecule has 2 saturated heterocycles. The Bertz CT molecular complexity index is 347. The smallest absolute Gasteiger partial charge is 0.220 e. The number of carbonyl (C=O) groups excluding carboxylic acids is 1. The fourth-order valence-corrected chi connectivity index (χ4v) is 3.48. The van der Waals surface area contributed by atoms with E-state index in [-0.39, 0.29) is 11.9 Å². The van der Waals surface area contributed by atoms with Crippen LogP contribution >= 0.6 is 11.8 Å². The van der Waals surface area contributed by atoms with Gasteiger partial charge in [0, 0.05) is 56.7 Å². The molecule has 1 atom stereocenters. The number of nitrogens with zero attached hydrogens (tertiary/aromatic N) is 2. The van der Waals surface area contributed by atoms with E-state index < -0.39 is 0 Å². The van der Waals surface area contributed by atoms with E-state index in [1.54, 1.807) is 0 Å². The van der Waals surface area contributed by atoms with Crippen molar-refractivity contribution >= 4 is 23.6 Å². The van der Waals surface area contributed by atoms with Gasteiger partial charge < -0.3 is 16.0 Å². The van der Waals surface area contributed by atoms with Crippen LogP contribution in [0.2, 0.25) is 0 Å². The second kappa shape index (κ2) is 9.15. The molecule has 2 aliphatic rings. The predicted molar refractivity (Wildman–Crippen MR) is 88.9 cm³/mol. The highest BCUT2D eigenvalue weighted by Gasteiger charge is 2.18. The van der Waals surface area contributed by atoms with Gasteiger partial charge in [0.1, 0.15) is 0 Å². The molecule has 1 unspecified atom stereocenters. The lowest BCUT2D eigenvalue weighted by Gasteiger charge is -2.26. The van der Waals surface area contributed by atoms with Crippen LogP contribution in [0.5, 0.6) is 0 Å². The van der Waals surface area contributed by atoms with Crippen LogP contribution in [0.4, 0.5) is 0 Å². The summed E-state index contributed by atoms with van der Waals surface area (Å²) in [4.78, 5) is 18.3. The minimum absolute atomic E-state index is 0.151. The lowest BCUT2D eigenvalue weighted by molar-refractivity contribution is -0.122. The van der Waals surface area contributed by atoms with E-state index >= 15 is 0 Å². The van der Waals surface area contributed by atoms with Crippen molar-refractivity contribution in [3.63, 3.8) is 0 Å². The Morgan fingerprint density at radius 3 is 2.95 bits per heavy atom. The highest BCUT2D eigenvalue weighted by Crippen LogP contribution is 2.08. The quantitative estimate of drug-likeness (QED) is 0.487. The topological polar surface area (TPSA) is 68.8 Å². The van der Waals surface area contributed by atoms with Gasteiger partial charge in [0.05, 0.1) is 6.54 Å². The second-order valence-corrected chi connectivity index (χ2v) is 6.62. The molecule has 21 heavy (non-hydrogen) atoms. The lowest BCUT2D eigenvalue weighted by Crippen LogP contribution is -2.51. The van der Waals surface area contributed by atoms with Crippen LogP contribution in [0, 0.1) is 0 Å². The van der Waals surface area contributed by atoms with E-state index in [4.69, 9.17) is 0 Å². The van der Waals surface area contributed by atoms with Crippen LogP contribution in [0.1, 0.15) is 19.8 Å². The van der Waals surface area contributed by atoms with Gasteiger partial charge in [-0.1, -0.05) is 0 Å². The number of nitrogens with one attached hydrogen (secondary N) is 3. The van der Waals surface area contributed by atoms with Gasteiger partial charge in [-0.3, -0.25) is 14.7 Å². The zero-order valence-corrected chi connectivity index (χ0v) is 13.7.